The molecule has 0 bridgehead atoms. The van der Waals surface area contributed by atoms with Crippen LogP contribution in [0, 0.1) is 20.8 Å². The maximum atomic E-state index is 6.06. The van der Waals surface area contributed by atoms with Gasteiger partial charge in [-0.25, -0.2) is 10.9 Å². The maximum Gasteiger partial charge on any atom is 0.156 e. The van der Waals surface area contributed by atoms with Gasteiger partial charge in [0.15, 0.2) is 5.72 Å². The fraction of sp³-hybridized carbons (Fsp3) is 0.550. The number of hydrogen-bond donors (Lipinski definition) is 2. The third kappa shape index (κ3) is 4.44. The first-order chi connectivity index (χ1) is 12.5. The Morgan fingerprint density at radius 2 is 1.88 bits per heavy atom. The number of aryl methyl sites for hydroxylation is 4. The average molecular weight is 359 g/mol. The van der Waals surface area contributed by atoms with E-state index in [0.29, 0.717) is 6.73 Å². The van der Waals surface area contributed by atoms with Crippen molar-refractivity contribution in [2.24, 2.45) is 0 Å². The molecule has 0 amide bonds. The number of rotatable bonds is 8. The fourth-order valence-electron chi connectivity index (χ4n) is 3.32. The van der Waals surface area contributed by atoms with Crippen LogP contribution in [-0.2, 0) is 16.9 Å². The Bertz CT molecular complexity index is 713. The molecule has 1 aliphatic heterocycles. The molecule has 2 N–H and O–H groups in total. The molecule has 0 aliphatic carbocycles. The molecule has 6 heteroatoms. The van der Waals surface area contributed by atoms with Crippen LogP contribution in [0.2, 0.25) is 0 Å². The van der Waals surface area contributed by atoms with Crippen molar-refractivity contribution in [1.29, 1.82) is 0 Å². The van der Waals surface area contributed by atoms with Gasteiger partial charge in [0.1, 0.15) is 18.2 Å². The Labute approximate surface area is 155 Å². The number of aromatic nitrogens is 1. The number of nitrogens with zero attached hydrogens (tertiary/aromatic N) is 1. The first kappa shape index (κ1) is 18.9. The molecule has 1 aromatic carbocycles. The van der Waals surface area contributed by atoms with E-state index in [0.717, 1.165) is 66.2 Å². The van der Waals surface area contributed by atoms with Crippen molar-refractivity contribution in [3.8, 4) is 5.75 Å². The van der Waals surface area contributed by atoms with Crippen molar-refractivity contribution in [1.82, 2.24) is 16.0 Å². The zero-order chi connectivity index (χ0) is 18.6. The zero-order valence-electron chi connectivity index (χ0n) is 16.1. The molecule has 1 unspecified atom stereocenters. The smallest absolute Gasteiger partial charge is 0.156 e. The van der Waals surface area contributed by atoms with Crippen LogP contribution < -0.4 is 15.6 Å². The van der Waals surface area contributed by atoms with Gasteiger partial charge in [-0.2, -0.15) is 0 Å². The lowest BCUT2D eigenvalue weighted by atomic mass is 9.99. The predicted molar refractivity (Wildman–Crippen MR) is 99.8 cm³/mol. The van der Waals surface area contributed by atoms with E-state index in [9.17, 15) is 0 Å². The summed E-state index contributed by atoms with van der Waals surface area (Å²) >= 11 is 0. The van der Waals surface area contributed by atoms with Crippen molar-refractivity contribution in [2.45, 2.75) is 59.1 Å². The molecule has 1 fully saturated rings. The molecule has 3 rings (SSSR count). The first-order valence-corrected chi connectivity index (χ1v) is 9.29. The van der Waals surface area contributed by atoms with E-state index >= 15 is 0 Å². The normalized spacial score (nSPS) is 19.8. The summed E-state index contributed by atoms with van der Waals surface area (Å²) in [5.41, 5.74) is 10.0. The SMILES string of the molecule is Cc1cc(CCCCCOc2c(C)cc(C3(C)NNCO3)cc2C)on1. The maximum absolute atomic E-state index is 6.06. The number of nitrogens with one attached hydrogen (secondary N) is 2. The Balaban J connectivity index is 1.47. The summed E-state index contributed by atoms with van der Waals surface area (Å²) in [4.78, 5) is 0. The van der Waals surface area contributed by atoms with Crippen LogP contribution in [0.5, 0.6) is 5.75 Å². The molecule has 0 spiro atoms. The molecule has 1 aromatic heterocycles. The van der Waals surface area contributed by atoms with Crippen LogP contribution in [0.1, 0.15) is 54.3 Å². The van der Waals surface area contributed by atoms with Gasteiger partial charge in [0.05, 0.1) is 12.3 Å². The van der Waals surface area contributed by atoms with Crippen LogP contribution >= 0.6 is 0 Å². The van der Waals surface area contributed by atoms with Crippen molar-refractivity contribution < 1.29 is 14.0 Å². The van der Waals surface area contributed by atoms with Gasteiger partial charge in [-0.15, -0.1) is 0 Å². The molecule has 2 heterocycles. The summed E-state index contributed by atoms with van der Waals surface area (Å²) in [6.07, 6.45) is 4.16. The summed E-state index contributed by atoms with van der Waals surface area (Å²) in [5, 5.41) is 3.91. The zero-order valence-corrected chi connectivity index (χ0v) is 16.1. The number of hydrogen-bond acceptors (Lipinski definition) is 6. The third-order valence-corrected chi connectivity index (χ3v) is 4.76. The Kier molecular flexibility index (Phi) is 5.96. The monoisotopic (exact) mass is 359 g/mol. The fourth-order valence-corrected chi connectivity index (χ4v) is 3.32. The molecule has 26 heavy (non-hydrogen) atoms. The molecule has 6 nitrogen and oxygen atoms in total. The summed E-state index contributed by atoms with van der Waals surface area (Å²) < 4.78 is 17.1. The number of unbranched alkanes of at least 4 members (excludes halogenated alkanes) is 2. The largest absolute Gasteiger partial charge is 0.493 e. The number of ether oxygens (including phenoxy) is 2. The molecule has 1 aliphatic rings. The van der Waals surface area contributed by atoms with E-state index < -0.39 is 5.72 Å². The Morgan fingerprint density at radius 3 is 2.50 bits per heavy atom. The molecule has 1 atom stereocenters. The lowest BCUT2D eigenvalue weighted by molar-refractivity contribution is 0.00219. The van der Waals surface area contributed by atoms with Gasteiger partial charge in [-0.1, -0.05) is 5.16 Å². The minimum absolute atomic E-state index is 0.493. The highest BCUT2D eigenvalue weighted by atomic mass is 16.5. The topological polar surface area (TPSA) is 68.5 Å². The van der Waals surface area contributed by atoms with E-state index in [1.807, 2.05) is 19.9 Å². The van der Waals surface area contributed by atoms with Gasteiger partial charge in [-0.05, 0) is 70.2 Å². The van der Waals surface area contributed by atoms with Crippen LogP contribution in [0.15, 0.2) is 22.7 Å². The lowest BCUT2D eigenvalue weighted by Crippen LogP contribution is -2.39. The first-order valence-electron chi connectivity index (χ1n) is 9.29. The van der Waals surface area contributed by atoms with Crippen molar-refractivity contribution in [2.75, 3.05) is 13.3 Å². The highest BCUT2D eigenvalue weighted by Gasteiger charge is 2.32. The van der Waals surface area contributed by atoms with Gasteiger partial charge in [-0.3, -0.25) is 0 Å². The molecule has 2 aromatic rings. The van der Waals surface area contributed by atoms with Gasteiger partial charge < -0.3 is 14.0 Å². The molecule has 0 radical (unpaired) electrons. The van der Waals surface area contributed by atoms with Crippen molar-refractivity contribution in [3.05, 3.63) is 46.3 Å². The molecular weight excluding hydrogens is 330 g/mol. The molecular formula is C20H29N3O3. The third-order valence-electron chi connectivity index (χ3n) is 4.76. The van der Waals surface area contributed by atoms with Crippen molar-refractivity contribution in [3.63, 3.8) is 0 Å². The van der Waals surface area contributed by atoms with Gasteiger partial charge in [0.25, 0.3) is 0 Å². The lowest BCUT2D eigenvalue weighted by Gasteiger charge is -2.25. The standard InChI is InChI=1S/C20H29N3O3/c1-14-10-17(20(4)23-21-13-25-20)11-15(2)19(14)24-9-7-5-6-8-18-12-16(3)22-26-18/h10-12,21,23H,5-9,13H2,1-4H3. The highest BCUT2D eigenvalue weighted by molar-refractivity contribution is 5.45. The Hall–Kier alpha value is -1.89. The summed E-state index contributed by atoms with van der Waals surface area (Å²) in [5.74, 6) is 1.95. The highest BCUT2D eigenvalue weighted by Crippen LogP contribution is 2.31. The summed E-state index contributed by atoms with van der Waals surface area (Å²) in [6.45, 7) is 9.37. The van der Waals surface area contributed by atoms with Gasteiger partial charge >= 0.3 is 0 Å². The second kappa shape index (κ2) is 8.20. The van der Waals surface area contributed by atoms with E-state index in [1.54, 1.807) is 0 Å². The minimum atomic E-state index is -0.493. The molecule has 142 valence electrons. The predicted octanol–water partition coefficient (Wildman–Crippen LogP) is 3.65. The second-order valence-electron chi connectivity index (χ2n) is 7.16. The van der Waals surface area contributed by atoms with Gasteiger partial charge in [0, 0.05) is 18.1 Å². The molecule has 1 saturated heterocycles. The quantitative estimate of drug-likeness (QED) is 0.701. The number of benzene rings is 1. The minimum Gasteiger partial charge on any atom is -0.493 e. The second-order valence-corrected chi connectivity index (χ2v) is 7.16. The van der Waals surface area contributed by atoms with Gasteiger partial charge in [0.2, 0.25) is 0 Å². The van der Waals surface area contributed by atoms with Crippen LogP contribution in [-0.4, -0.2) is 18.5 Å². The van der Waals surface area contributed by atoms with E-state index in [4.69, 9.17) is 14.0 Å². The van der Waals surface area contributed by atoms with E-state index in [-0.39, 0.29) is 0 Å². The molecule has 0 saturated carbocycles. The Morgan fingerprint density at radius 1 is 1.12 bits per heavy atom. The number of hydrazine groups is 1. The average Bonchev–Trinajstić information content (AvgIpc) is 3.22. The van der Waals surface area contributed by atoms with Crippen molar-refractivity contribution >= 4 is 0 Å². The van der Waals surface area contributed by atoms with E-state index in [1.165, 1.54) is 0 Å². The van der Waals surface area contributed by atoms with E-state index in [2.05, 4.69) is 42.0 Å². The van der Waals surface area contributed by atoms with Crippen LogP contribution in [0.3, 0.4) is 0 Å². The summed E-state index contributed by atoms with van der Waals surface area (Å²) in [7, 11) is 0. The van der Waals surface area contributed by atoms with Crippen LogP contribution in [0.4, 0.5) is 0 Å². The summed E-state index contributed by atoms with van der Waals surface area (Å²) in [6, 6.07) is 6.27. The van der Waals surface area contributed by atoms with Crippen LogP contribution in [0.25, 0.3) is 0 Å².